The van der Waals surface area contributed by atoms with Gasteiger partial charge in [-0.15, -0.1) is 0 Å². The van der Waals surface area contributed by atoms with Gasteiger partial charge in [0, 0.05) is 58.5 Å². The number of piperidine rings is 1. The van der Waals surface area contributed by atoms with E-state index in [0.29, 0.717) is 71.3 Å². The summed E-state index contributed by atoms with van der Waals surface area (Å²) in [6.45, 7) is 4.41. The van der Waals surface area contributed by atoms with Crippen molar-refractivity contribution in [2.45, 2.75) is 25.4 Å². The van der Waals surface area contributed by atoms with Crippen LogP contribution in [0.1, 0.15) is 18.5 Å². The largest absolute Gasteiger partial charge is 0.481 e. The number of rotatable bonds is 7. The van der Waals surface area contributed by atoms with E-state index in [-0.39, 0.29) is 24.2 Å². The Bertz CT molecular complexity index is 939. The van der Waals surface area contributed by atoms with E-state index in [1.807, 2.05) is 17.0 Å². The molecule has 0 N–H and O–H groups in total. The number of carbonyl (C=O) groups is 1. The minimum absolute atomic E-state index is 0.0332. The first kappa shape index (κ1) is 24.3. The van der Waals surface area contributed by atoms with Gasteiger partial charge < -0.3 is 19.1 Å². The highest BCUT2D eigenvalue weighted by Crippen LogP contribution is 2.44. The van der Waals surface area contributed by atoms with Crippen LogP contribution in [0.15, 0.2) is 18.2 Å². The molecule has 4 heterocycles. The summed E-state index contributed by atoms with van der Waals surface area (Å²) in [5.41, 5.74) is 0.0643. The van der Waals surface area contributed by atoms with Crippen LogP contribution >= 0.6 is 0 Å². The van der Waals surface area contributed by atoms with Gasteiger partial charge in [0.15, 0.2) is 0 Å². The number of carbonyl (C=O) groups excluding carboxylic acids is 1. The Morgan fingerprint density at radius 2 is 2.03 bits per heavy atom. The van der Waals surface area contributed by atoms with Gasteiger partial charge in [-0.1, -0.05) is 6.07 Å². The summed E-state index contributed by atoms with van der Waals surface area (Å²) in [5.74, 6) is 0.557. The molecule has 4 rings (SSSR count). The van der Waals surface area contributed by atoms with E-state index in [1.54, 1.807) is 24.6 Å². The van der Waals surface area contributed by atoms with Gasteiger partial charge in [0.2, 0.25) is 21.8 Å². The minimum Gasteiger partial charge on any atom is -0.481 e. The van der Waals surface area contributed by atoms with Gasteiger partial charge >= 0.3 is 0 Å². The lowest BCUT2D eigenvalue weighted by Gasteiger charge is -2.54. The van der Waals surface area contributed by atoms with E-state index in [9.17, 15) is 13.2 Å². The zero-order chi connectivity index (χ0) is 23.5. The second-order valence-corrected chi connectivity index (χ2v) is 11.0. The van der Waals surface area contributed by atoms with Crippen LogP contribution in [0, 0.1) is 5.41 Å². The van der Waals surface area contributed by atoms with Gasteiger partial charge in [0.1, 0.15) is 0 Å². The maximum atomic E-state index is 14.0. The van der Waals surface area contributed by atoms with E-state index in [4.69, 9.17) is 14.2 Å². The quantitative estimate of drug-likeness (QED) is 0.543. The van der Waals surface area contributed by atoms with Crippen molar-refractivity contribution >= 4 is 15.9 Å². The van der Waals surface area contributed by atoms with E-state index in [2.05, 4.69) is 9.88 Å². The Kier molecular flexibility index (Phi) is 7.54. The third kappa shape index (κ3) is 5.02. The molecule has 11 heteroatoms. The number of amides is 1. The molecule has 1 aromatic rings. The van der Waals surface area contributed by atoms with E-state index in [1.165, 1.54) is 0 Å². The summed E-state index contributed by atoms with van der Waals surface area (Å²) < 4.78 is 43.5. The maximum absolute atomic E-state index is 14.0. The Morgan fingerprint density at radius 1 is 1.24 bits per heavy atom. The number of methoxy groups -OCH3 is 2. The molecule has 1 amide bonds. The van der Waals surface area contributed by atoms with Gasteiger partial charge in [-0.05, 0) is 18.9 Å². The highest BCUT2D eigenvalue weighted by Gasteiger charge is 2.58. The zero-order valence-corrected chi connectivity index (χ0v) is 20.3. The van der Waals surface area contributed by atoms with Crippen molar-refractivity contribution in [3.63, 3.8) is 0 Å². The Balaban J connectivity index is 1.63. The third-order valence-electron chi connectivity index (χ3n) is 6.99. The van der Waals surface area contributed by atoms with Gasteiger partial charge in [0.25, 0.3) is 0 Å². The first-order valence-electron chi connectivity index (χ1n) is 11.5. The molecule has 0 unspecified atom stereocenters. The van der Waals surface area contributed by atoms with Crippen LogP contribution in [0.2, 0.25) is 0 Å². The number of likely N-dealkylation sites (tertiary alicyclic amines) is 1. The van der Waals surface area contributed by atoms with Crippen molar-refractivity contribution in [3.05, 3.63) is 23.9 Å². The first-order chi connectivity index (χ1) is 15.9. The number of ether oxygens (including phenoxy) is 3. The molecule has 0 radical (unpaired) electrons. The SMILES string of the molecule is COCCN1[C@@H]2CCN(Cc3cccc(OC)n3)C[C@@]2(C(=O)N2CCOCC2)CCS1(=O)=O. The van der Waals surface area contributed by atoms with Crippen LogP contribution in [-0.4, -0.2) is 112 Å². The lowest BCUT2D eigenvalue weighted by Crippen LogP contribution is -2.69. The molecule has 33 heavy (non-hydrogen) atoms. The lowest BCUT2D eigenvalue weighted by molar-refractivity contribution is -0.155. The molecule has 0 spiro atoms. The molecule has 0 aromatic carbocycles. The fourth-order valence-corrected chi connectivity index (χ4v) is 7.25. The number of hydrogen-bond donors (Lipinski definition) is 0. The number of morpholine rings is 1. The van der Waals surface area contributed by atoms with Crippen LogP contribution in [0.25, 0.3) is 0 Å². The maximum Gasteiger partial charge on any atom is 0.231 e. The molecule has 184 valence electrons. The predicted octanol–water partition coefficient (Wildman–Crippen LogP) is 0.192. The summed E-state index contributed by atoms with van der Waals surface area (Å²) in [4.78, 5) is 22.6. The fourth-order valence-electron chi connectivity index (χ4n) is 5.35. The summed E-state index contributed by atoms with van der Waals surface area (Å²) in [5, 5.41) is 0. The number of hydrogen-bond acceptors (Lipinski definition) is 8. The topological polar surface area (TPSA) is 102 Å². The molecule has 0 saturated carbocycles. The summed E-state index contributed by atoms with van der Waals surface area (Å²) in [7, 11) is -0.294. The summed E-state index contributed by atoms with van der Waals surface area (Å²) in [6, 6.07) is 5.28. The number of sulfonamides is 1. The Labute approximate surface area is 195 Å². The van der Waals surface area contributed by atoms with E-state index >= 15 is 0 Å². The summed E-state index contributed by atoms with van der Waals surface area (Å²) in [6.07, 6.45) is 0.907. The van der Waals surface area contributed by atoms with Crippen molar-refractivity contribution in [1.29, 1.82) is 0 Å². The van der Waals surface area contributed by atoms with Crippen molar-refractivity contribution in [3.8, 4) is 5.88 Å². The van der Waals surface area contributed by atoms with E-state index in [0.717, 1.165) is 5.69 Å². The molecule has 3 fully saturated rings. The lowest BCUT2D eigenvalue weighted by atomic mass is 9.71. The number of pyridine rings is 1. The van der Waals surface area contributed by atoms with Gasteiger partial charge in [-0.2, -0.15) is 4.31 Å². The van der Waals surface area contributed by atoms with Crippen LogP contribution < -0.4 is 4.74 Å². The third-order valence-corrected chi connectivity index (χ3v) is 8.86. The molecule has 3 aliphatic heterocycles. The molecule has 0 aliphatic carbocycles. The van der Waals surface area contributed by atoms with Crippen molar-refractivity contribution in [2.24, 2.45) is 5.41 Å². The second kappa shape index (κ2) is 10.2. The molecule has 2 atom stereocenters. The molecule has 3 aliphatic rings. The van der Waals surface area contributed by atoms with Crippen molar-refractivity contribution < 1.29 is 27.4 Å². The average molecular weight is 483 g/mol. The second-order valence-electron chi connectivity index (χ2n) is 8.92. The monoisotopic (exact) mass is 482 g/mol. The molecule has 1 aromatic heterocycles. The summed E-state index contributed by atoms with van der Waals surface area (Å²) >= 11 is 0. The Morgan fingerprint density at radius 3 is 2.76 bits per heavy atom. The fraction of sp³-hybridized carbons (Fsp3) is 0.727. The van der Waals surface area contributed by atoms with Crippen molar-refractivity contribution in [2.75, 3.05) is 72.5 Å². The van der Waals surface area contributed by atoms with Gasteiger partial charge in [-0.3, -0.25) is 9.69 Å². The standard InChI is InChI=1S/C22H34N4O6S/c1-30-12-11-26-19-6-8-24(16-18-4-3-5-20(23-18)31-2)17-22(19,7-15-33(26,28)29)21(27)25-9-13-32-14-10-25/h3-5,19H,6-17H2,1-2H3/t19-,22+/m1/s1. The molecule has 0 bridgehead atoms. The van der Waals surface area contributed by atoms with Crippen LogP contribution in [-0.2, 0) is 30.8 Å². The smallest absolute Gasteiger partial charge is 0.231 e. The molecular weight excluding hydrogens is 448 g/mol. The van der Waals surface area contributed by atoms with Crippen LogP contribution in [0.4, 0.5) is 0 Å². The minimum atomic E-state index is -3.44. The van der Waals surface area contributed by atoms with Crippen LogP contribution in [0.5, 0.6) is 5.88 Å². The molecule has 10 nitrogen and oxygen atoms in total. The van der Waals surface area contributed by atoms with Gasteiger partial charge in [0.05, 0.1) is 43.8 Å². The van der Waals surface area contributed by atoms with Crippen molar-refractivity contribution in [1.82, 2.24) is 19.1 Å². The number of aromatic nitrogens is 1. The molecule has 3 saturated heterocycles. The average Bonchev–Trinajstić information content (AvgIpc) is 2.83. The van der Waals surface area contributed by atoms with Gasteiger partial charge in [-0.25, -0.2) is 13.4 Å². The highest BCUT2D eigenvalue weighted by atomic mass is 32.2. The van der Waals surface area contributed by atoms with E-state index < -0.39 is 15.4 Å². The highest BCUT2D eigenvalue weighted by molar-refractivity contribution is 7.89. The van der Waals surface area contributed by atoms with Crippen LogP contribution in [0.3, 0.4) is 0 Å². The number of nitrogens with zero attached hydrogens (tertiary/aromatic N) is 4. The normalized spacial score (nSPS) is 28.3. The first-order valence-corrected chi connectivity index (χ1v) is 13.1. The Hall–Kier alpha value is -1.79. The molecular formula is C22H34N4O6S. The zero-order valence-electron chi connectivity index (χ0n) is 19.4. The predicted molar refractivity (Wildman–Crippen MR) is 121 cm³/mol. The number of fused-ring (bicyclic) bond motifs is 1.